The lowest BCUT2D eigenvalue weighted by Gasteiger charge is -2.51. The van der Waals surface area contributed by atoms with E-state index in [0.717, 1.165) is 0 Å². The number of hydrogen-bond donors (Lipinski definition) is 2. The van der Waals surface area contributed by atoms with Crippen molar-refractivity contribution in [1.82, 2.24) is 4.90 Å². The smallest absolute Gasteiger partial charge is 0.328 e. The van der Waals surface area contributed by atoms with Crippen LogP contribution in [0.3, 0.4) is 0 Å². The molecule has 0 radical (unpaired) electrons. The molecule has 3 aromatic carbocycles. The molecule has 2 heterocycles. The summed E-state index contributed by atoms with van der Waals surface area (Å²) < 4.78 is 73.1. The van der Waals surface area contributed by atoms with E-state index in [1.807, 2.05) is 0 Å². The molecule has 1 saturated carbocycles. The van der Waals surface area contributed by atoms with E-state index in [1.54, 1.807) is 12.1 Å². The first-order valence-electron chi connectivity index (χ1n) is 14.0. The van der Waals surface area contributed by atoms with E-state index >= 15 is 8.78 Å². The summed E-state index contributed by atoms with van der Waals surface area (Å²) in [7, 11) is 0. The van der Waals surface area contributed by atoms with Gasteiger partial charge < -0.3 is 10.8 Å². The minimum Gasteiger partial charge on any atom is -0.507 e. The number of imide groups is 4. The molecule has 7 rings (SSSR count). The van der Waals surface area contributed by atoms with Crippen molar-refractivity contribution in [2.75, 3.05) is 4.90 Å². The summed E-state index contributed by atoms with van der Waals surface area (Å²) in [5, 5.41) is 11.1. The van der Waals surface area contributed by atoms with Crippen LogP contribution < -0.4 is 10.6 Å². The molecule has 6 unspecified atom stereocenters. The zero-order chi connectivity index (χ0) is 34.1. The predicted molar refractivity (Wildman–Crippen MR) is 153 cm³/mol. The van der Waals surface area contributed by atoms with E-state index in [2.05, 4.69) is 0 Å². The number of likely N-dealkylation sites (tertiary alicyclic amines) is 1. The van der Waals surface area contributed by atoms with Gasteiger partial charge in [-0.05, 0) is 35.8 Å². The maximum Gasteiger partial charge on any atom is 0.328 e. The van der Waals surface area contributed by atoms with Gasteiger partial charge in [-0.2, -0.15) is 4.90 Å². The number of carbonyl (C=O) groups is 5. The molecule has 242 valence electrons. The standard InChI is InChI=1S/C31H18Cl2F5N3O6/c32-30-9-15-13(5-6-14-17(15)26(44)41(25(14)43)29(39)47)18(12-7-8-16(42)11-4-2-1-3-10(11)12)31(30,33)28(46)40(27(30)45)24-22(37)20(35)19(34)21(36)23(24)38/h1-5,7-8,14-15,17-18,42H,6,9H2,(H2,39,47). The van der Waals surface area contributed by atoms with Crippen molar-refractivity contribution in [3.05, 3.63) is 82.7 Å². The van der Waals surface area contributed by atoms with Gasteiger partial charge in [-0.1, -0.05) is 42.0 Å². The Kier molecular flexibility index (Phi) is 6.59. The second-order valence-electron chi connectivity index (χ2n) is 11.8. The van der Waals surface area contributed by atoms with E-state index in [0.29, 0.717) is 0 Å². The Morgan fingerprint density at radius 3 is 2.04 bits per heavy atom. The highest BCUT2D eigenvalue weighted by Gasteiger charge is 2.77. The quantitative estimate of drug-likeness (QED) is 0.0980. The number of benzene rings is 3. The molecule has 6 atom stereocenters. The van der Waals surface area contributed by atoms with Crippen LogP contribution in [-0.4, -0.2) is 49.4 Å². The van der Waals surface area contributed by atoms with E-state index in [1.165, 1.54) is 30.3 Å². The predicted octanol–water partition coefficient (Wildman–Crippen LogP) is 4.88. The number of fused-ring (bicyclic) bond motifs is 5. The van der Waals surface area contributed by atoms with Gasteiger partial charge in [-0.15, -0.1) is 23.2 Å². The number of hydrogen-bond acceptors (Lipinski definition) is 6. The normalized spacial score (nSPS) is 30.1. The molecular formula is C31H18Cl2F5N3O6. The molecule has 16 heteroatoms. The number of rotatable bonds is 2. The van der Waals surface area contributed by atoms with E-state index in [4.69, 9.17) is 28.9 Å². The average Bonchev–Trinajstić information content (AvgIpc) is 3.38. The summed E-state index contributed by atoms with van der Waals surface area (Å²) in [6.07, 6.45) is 0.579. The molecule has 3 N–H and O–H groups in total. The van der Waals surface area contributed by atoms with Gasteiger partial charge in [0.25, 0.3) is 11.8 Å². The third-order valence-corrected chi connectivity index (χ3v) is 11.1. The highest BCUT2D eigenvalue weighted by Crippen LogP contribution is 2.66. The number of nitrogens with two attached hydrogens (primary N) is 1. The first kappa shape index (κ1) is 31.1. The van der Waals surface area contributed by atoms with E-state index in [9.17, 15) is 42.3 Å². The molecule has 0 bridgehead atoms. The third-order valence-electron chi connectivity index (χ3n) is 9.69. The van der Waals surface area contributed by atoms with Crippen molar-refractivity contribution in [3.8, 4) is 5.75 Å². The molecule has 2 aliphatic carbocycles. The minimum atomic E-state index is -2.74. The molecule has 2 aliphatic heterocycles. The Bertz CT molecular complexity index is 2050. The van der Waals surface area contributed by atoms with Gasteiger partial charge in [-0.3, -0.25) is 19.2 Å². The van der Waals surface area contributed by atoms with Gasteiger partial charge in [0.2, 0.25) is 17.6 Å². The molecule has 3 fully saturated rings. The van der Waals surface area contributed by atoms with E-state index < -0.39 is 104 Å². The Balaban J connectivity index is 1.52. The van der Waals surface area contributed by atoms with Crippen LogP contribution in [0, 0.1) is 46.8 Å². The lowest BCUT2D eigenvalue weighted by Crippen LogP contribution is -2.60. The van der Waals surface area contributed by atoms with Crippen LogP contribution in [0.4, 0.5) is 32.4 Å². The molecule has 6 amide bonds. The number of carbonyl (C=O) groups excluding carboxylic acids is 5. The van der Waals surface area contributed by atoms with Crippen LogP contribution in [0.2, 0.25) is 0 Å². The van der Waals surface area contributed by atoms with Crippen LogP contribution >= 0.6 is 23.2 Å². The summed E-state index contributed by atoms with van der Waals surface area (Å²) in [5.41, 5.74) is 3.72. The Labute approximate surface area is 270 Å². The first-order valence-corrected chi connectivity index (χ1v) is 14.7. The summed E-state index contributed by atoms with van der Waals surface area (Å²) in [5.74, 6) is -23.1. The number of nitrogens with zero attached hydrogens (tertiary/aromatic N) is 2. The number of anilines is 1. The second kappa shape index (κ2) is 9.97. The Hall–Kier alpha value is -4.56. The zero-order valence-electron chi connectivity index (χ0n) is 23.4. The largest absolute Gasteiger partial charge is 0.507 e. The van der Waals surface area contributed by atoms with Crippen molar-refractivity contribution >= 4 is 69.3 Å². The molecule has 4 aliphatic rings. The van der Waals surface area contributed by atoms with Gasteiger partial charge in [0.15, 0.2) is 33.0 Å². The molecule has 0 spiro atoms. The number of aromatic hydroxyl groups is 1. The van der Waals surface area contributed by atoms with Gasteiger partial charge in [-0.25, -0.2) is 31.6 Å². The van der Waals surface area contributed by atoms with Crippen LogP contribution in [-0.2, 0) is 19.2 Å². The number of allylic oxidation sites excluding steroid dienone is 2. The maximum atomic E-state index is 15.2. The molecule has 0 aromatic heterocycles. The van der Waals surface area contributed by atoms with Crippen molar-refractivity contribution in [2.45, 2.75) is 28.5 Å². The molecular weight excluding hydrogens is 676 g/mol. The lowest BCUT2D eigenvalue weighted by molar-refractivity contribution is -0.136. The Morgan fingerprint density at radius 2 is 1.43 bits per heavy atom. The minimum absolute atomic E-state index is 0.136. The van der Waals surface area contributed by atoms with Crippen molar-refractivity contribution < 1.29 is 51.0 Å². The van der Waals surface area contributed by atoms with Crippen molar-refractivity contribution in [3.63, 3.8) is 0 Å². The SMILES string of the molecule is NC(=O)N1C(=O)C2CC=C3C(CC4(Cl)C(=O)N(c5c(F)c(F)c(F)c(F)c5F)C(=O)C4(Cl)C3c3ccc(O)c4ccccc34)C2C1=O. The van der Waals surface area contributed by atoms with Crippen LogP contribution in [0.25, 0.3) is 10.8 Å². The Morgan fingerprint density at radius 1 is 0.830 bits per heavy atom. The van der Waals surface area contributed by atoms with Crippen molar-refractivity contribution in [2.24, 2.45) is 23.5 Å². The third kappa shape index (κ3) is 3.67. The number of amides is 6. The average molecular weight is 694 g/mol. The lowest BCUT2D eigenvalue weighted by atomic mass is 9.56. The van der Waals surface area contributed by atoms with Gasteiger partial charge in [0.05, 0.1) is 11.8 Å². The first-order chi connectivity index (χ1) is 22.1. The summed E-state index contributed by atoms with van der Waals surface area (Å²) >= 11 is 14.2. The van der Waals surface area contributed by atoms with Crippen LogP contribution in [0.15, 0.2) is 48.0 Å². The number of alkyl halides is 2. The highest BCUT2D eigenvalue weighted by molar-refractivity contribution is 6.58. The zero-order valence-corrected chi connectivity index (χ0v) is 24.9. The van der Waals surface area contributed by atoms with Crippen LogP contribution in [0.5, 0.6) is 5.75 Å². The number of primary amides is 1. The number of halogens is 7. The number of phenolic OH excluding ortho intramolecular Hbond substituents is 1. The highest BCUT2D eigenvalue weighted by atomic mass is 35.5. The number of phenols is 1. The number of urea groups is 1. The van der Waals surface area contributed by atoms with E-state index in [-0.39, 0.29) is 43.9 Å². The van der Waals surface area contributed by atoms with Gasteiger partial charge in [0, 0.05) is 11.3 Å². The van der Waals surface area contributed by atoms with Gasteiger partial charge in [0.1, 0.15) is 11.4 Å². The molecule has 2 saturated heterocycles. The fourth-order valence-electron chi connectivity index (χ4n) is 7.69. The summed E-state index contributed by atoms with van der Waals surface area (Å²) in [6.45, 7) is 0. The molecule has 3 aromatic rings. The summed E-state index contributed by atoms with van der Waals surface area (Å²) in [4.78, 5) is 61.8. The molecule has 9 nitrogen and oxygen atoms in total. The fraction of sp³-hybridized carbons (Fsp3) is 0.258. The van der Waals surface area contributed by atoms with Crippen LogP contribution in [0.1, 0.15) is 24.3 Å². The van der Waals surface area contributed by atoms with Crippen molar-refractivity contribution in [1.29, 1.82) is 0 Å². The topological polar surface area (TPSA) is 138 Å². The fourth-order valence-corrected chi connectivity index (χ4v) is 8.61. The summed E-state index contributed by atoms with van der Waals surface area (Å²) in [6, 6.07) is 7.42. The maximum absolute atomic E-state index is 15.2. The monoisotopic (exact) mass is 693 g/mol. The second-order valence-corrected chi connectivity index (χ2v) is 13.0. The van der Waals surface area contributed by atoms with Gasteiger partial charge >= 0.3 is 6.03 Å². The molecule has 47 heavy (non-hydrogen) atoms.